The lowest BCUT2D eigenvalue weighted by Crippen LogP contribution is -2.19. The van der Waals surface area contributed by atoms with E-state index in [-0.39, 0.29) is 0 Å². The Morgan fingerprint density at radius 3 is 2.79 bits per heavy atom. The zero-order valence-electron chi connectivity index (χ0n) is 8.36. The Morgan fingerprint density at radius 1 is 1.43 bits per heavy atom. The topological polar surface area (TPSA) is 66.5 Å². The van der Waals surface area contributed by atoms with Gasteiger partial charge in [-0.05, 0) is 6.92 Å². The van der Waals surface area contributed by atoms with Gasteiger partial charge in [-0.3, -0.25) is 9.09 Å². The molecular weight excluding hydrogens is 188 g/mol. The summed E-state index contributed by atoms with van der Waals surface area (Å²) in [5, 5.41) is 3.53. The summed E-state index contributed by atoms with van der Waals surface area (Å²) in [7, 11) is 1.61. The van der Waals surface area contributed by atoms with E-state index in [0.29, 0.717) is 32.2 Å². The number of methoxy groups -OCH3 is 1. The Morgan fingerprint density at radius 2 is 2.21 bits per heavy atom. The molecule has 1 rings (SSSR count). The molecule has 0 amide bonds. The van der Waals surface area contributed by atoms with Crippen molar-refractivity contribution in [2.24, 2.45) is 0 Å². The summed E-state index contributed by atoms with van der Waals surface area (Å²) < 4.78 is 15.9. The van der Waals surface area contributed by atoms with E-state index in [0.717, 1.165) is 0 Å². The summed E-state index contributed by atoms with van der Waals surface area (Å²) >= 11 is 0. The highest BCUT2D eigenvalue weighted by Crippen LogP contribution is 1.89. The van der Waals surface area contributed by atoms with Crippen LogP contribution in [0.3, 0.4) is 0 Å². The van der Waals surface area contributed by atoms with Crippen LogP contribution >= 0.6 is 0 Å². The van der Waals surface area contributed by atoms with Crippen molar-refractivity contribution in [3.8, 4) is 0 Å². The summed E-state index contributed by atoms with van der Waals surface area (Å²) in [6.45, 7) is 3.69. The second-order valence-corrected chi connectivity index (χ2v) is 2.75. The maximum atomic E-state index is 11.0. The third-order valence-corrected chi connectivity index (χ3v) is 1.76. The number of hydrogen-bond donors (Lipinski definition) is 0. The molecule has 0 saturated carbocycles. The van der Waals surface area contributed by atoms with Gasteiger partial charge < -0.3 is 9.47 Å². The Labute approximate surface area is 81.4 Å². The van der Waals surface area contributed by atoms with Crippen LogP contribution in [-0.4, -0.2) is 36.7 Å². The molecule has 1 aromatic rings. The van der Waals surface area contributed by atoms with E-state index in [1.165, 1.54) is 4.57 Å². The molecule has 0 aliphatic rings. The molecule has 0 radical (unpaired) electrons. The lowest BCUT2D eigenvalue weighted by atomic mass is 10.6. The molecule has 0 bridgehead atoms. The molecule has 0 spiro atoms. The fourth-order valence-electron chi connectivity index (χ4n) is 0.989. The molecule has 0 saturated heterocycles. The predicted molar refractivity (Wildman–Crippen MR) is 48.2 cm³/mol. The second-order valence-electron chi connectivity index (χ2n) is 2.75. The maximum absolute atomic E-state index is 11.0. The standard InChI is InChI=1S/C8H14N2O4/c1-7-9-14-8(11)10(7)3-4-13-6-5-12-2/h3-6H2,1-2H3. The summed E-state index contributed by atoms with van der Waals surface area (Å²) in [4.78, 5) is 11.0. The minimum Gasteiger partial charge on any atom is -0.382 e. The first kappa shape index (κ1) is 10.9. The molecule has 1 heterocycles. The number of nitrogens with zero attached hydrogens (tertiary/aromatic N) is 2. The van der Waals surface area contributed by atoms with Crippen molar-refractivity contribution >= 4 is 0 Å². The monoisotopic (exact) mass is 202 g/mol. The third-order valence-electron chi connectivity index (χ3n) is 1.76. The third kappa shape index (κ3) is 2.97. The quantitative estimate of drug-likeness (QED) is 0.598. The fourth-order valence-corrected chi connectivity index (χ4v) is 0.989. The molecular formula is C8H14N2O4. The molecule has 80 valence electrons. The van der Waals surface area contributed by atoms with Crippen molar-refractivity contribution < 1.29 is 14.0 Å². The van der Waals surface area contributed by atoms with Gasteiger partial charge in [0, 0.05) is 7.11 Å². The maximum Gasteiger partial charge on any atom is 0.441 e. The smallest absolute Gasteiger partial charge is 0.382 e. The van der Waals surface area contributed by atoms with E-state index in [4.69, 9.17) is 9.47 Å². The van der Waals surface area contributed by atoms with Crippen molar-refractivity contribution in [2.45, 2.75) is 13.5 Å². The van der Waals surface area contributed by atoms with E-state index in [9.17, 15) is 4.79 Å². The molecule has 6 nitrogen and oxygen atoms in total. The van der Waals surface area contributed by atoms with E-state index in [1.807, 2.05) is 0 Å². The molecule has 0 unspecified atom stereocenters. The van der Waals surface area contributed by atoms with Gasteiger partial charge in [0.2, 0.25) is 0 Å². The first-order chi connectivity index (χ1) is 6.75. The summed E-state index contributed by atoms with van der Waals surface area (Å²) in [6.07, 6.45) is 0. The zero-order chi connectivity index (χ0) is 10.4. The minimum absolute atomic E-state index is 0.446. The van der Waals surface area contributed by atoms with Crippen LogP contribution in [0.15, 0.2) is 9.32 Å². The lowest BCUT2D eigenvalue weighted by molar-refractivity contribution is 0.0658. The van der Waals surface area contributed by atoms with Crippen LogP contribution in [0.5, 0.6) is 0 Å². The molecule has 1 aromatic heterocycles. The van der Waals surface area contributed by atoms with Crippen molar-refractivity contribution in [3.05, 3.63) is 16.4 Å². The highest BCUT2D eigenvalue weighted by atomic mass is 16.5. The molecule has 0 aliphatic heterocycles. The van der Waals surface area contributed by atoms with Gasteiger partial charge in [-0.1, -0.05) is 5.16 Å². The van der Waals surface area contributed by atoms with Crippen LogP contribution in [0.4, 0.5) is 0 Å². The van der Waals surface area contributed by atoms with E-state index >= 15 is 0 Å². The fraction of sp³-hybridized carbons (Fsp3) is 0.750. The van der Waals surface area contributed by atoms with Gasteiger partial charge in [-0.2, -0.15) is 0 Å². The zero-order valence-corrected chi connectivity index (χ0v) is 8.36. The SMILES string of the molecule is COCCOCCn1c(C)noc1=O. The number of rotatable bonds is 6. The van der Waals surface area contributed by atoms with Crippen LogP contribution in [0.2, 0.25) is 0 Å². The van der Waals surface area contributed by atoms with Gasteiger partial charge >= 0.3 is 5.76 Å². The van der Waals surface area contributed by atoms with Gasteiger partial charge in [-0.25, -0.2) is 4.79 Å². The molecule has 14 heavy (non-hydrogen) atoms. The molecule has 0 fully saturated rings. The largest absolute Gasteiger partial charge is 0.441 e. The van der Waals surface area contributed by atoms with E-state index in [2.05, 4.69) is 9.68 Å². The number of ether oxygens (including phenoxy) is 2. The highest BCUT2D eigenvalue weighted by Gasteiger charge is 2.04. The summed E-state index contributed by atoms with van der Waals surface area (Å²) in [6, 6.07) is 0. The van der Waals surface area contributed by atoms with Crippen LogP contribution < -0.4 is 5.76 Å². The van der Waals surface area contributed by atoms with Gasteiger partial charge in [-0.15, -0.1) is 0 Å². The van der Waals surface area contributed by atoms with Crippen molar-refractivity contribution in [1.82, 2.24) is 9.72 Å². The summed E-state index contributed by atoms with van der Waals surface area (Å²) in [5.41, 5.74) is 0. The Balaban J connectivity index is 2.28. The van der Waals surface area contributed by atoms with E-state index in [1.54, 1.807) is 14.0 Å². The first-order valence-electron chi connectivity index (χ1n) is 4.35. The Hall–Kier alpha value is -1.14. The van der Waals surface area contributed by atoms with Gasteiger partial charge in [0.15, 0.2) is 5.82 Å². The lowest BCUT2D eigenvalue weighted by Gasteiger charge is -2.03. The van der Waals surface area contributed by atoms with Crippen LogP contribution in [0.1, 0.15) is 5.82 Å². The molecule has 0 atom stereocenters. The van der Waals surface area contributed by atoms with Gasteiger partial charge in [0.25, 0.3) is 0 Å². The average Bonchev–Trinajstić information content (AvgIpc) is 2.48. The van der Waals surface area contributed by atoms with Crippen LogP contribution in [0, 0.1) is 6.92 Å². The van der Waals surface area contributed by atoms with Crippen molar-refractivity contribution in [1.29, 1.82) is 0 Å². The Bertz CT molecular complexity index is 317. The molecule has 0 aliphatic carbocycles. The molecule has 0 aromatic carbocycles. The van der Waals surface area contributed by atoms with Crippen molar-refractivity contribution in [3.63, 3.8) is 0 Å². The number of hydrogen-bond acceptors (Lipinski definition) is 5. The van der Waals surface area contributed by atoms with Gasteiger partial charge in [0.05, 0.1) is 26.4 Å². The molecule has 0 N–H and O–H groups in total. The van der Waals surface area contributed by atoms with Crippen LogP contribution in [0.25, 0.3) is 0 Å². The molecule has 6 heteroatoms. The van der Waals surface area contributed by atoms with Gasteiger partial charge in [0.1, 0.15) is 0 Å². The van der Waals surface area contributed by atoms with Crippen LogP contribution in [-0.2, 0) is 16.0 Å². The first-order valence-corrected chi connectivity index (χ1v) is 4.35. The number of aryl methyl sites for hydroxylation is 1. The van der Waals surface area contributed by atoms with Crippen molar-refractivity contribution in [2.75, 3.05) is 26.9 Å². The average molecular weight is 202 g/mol. The minimum atomic E-state index is -0.446. The predicted octanol–water partition coefficient (Wildman–Crippen LogP) is -0.192. The highest BCUT2D eigenvalue weighted by molar-refractivity contribution is 4.77. The summed E-state index contributed by atoms with van der Waals surface area (Å²) in [5.74, 6) is 0.114. The number of aromatic nitrogens is 2. The normalized spacial score (nSPS) is 10.7. The second kappa shape index (κ2) is 5.56. The van der Waals surface area contributed by atoms with E-state index < -0.39 is 5.76 Å². The Kier molecular flexibility index (Phi) is 4.34.